The summed E-state index contributed by atoms with van der Waals surface area (Å²) in [5.41, 5.74) is 0. The Morgan fingerprint density at radius 1 is 1.45 bits per heavy atom. The Labute approximate surface area is 66.1 Å². The van der Waals surface area contributed by atoms with Crippen LogP contribution >= 0.6 is 0 Å². The van der Waals surface area contributed by atoms with Gasteiger partial charge in [0, 0.05) is 7.11 Å². The van der Waals surface area contributed by atoms with E-state index in [0.717, 1.165) is 0 Å². The van der Waals surface area contributed by atoms with E-state index in [1.165, 1.54) is 13.4 Å². The smallest absolute Gasteiger partial charge is 0.183 e. The molecule has 4 heteroatoms. The number of aliphatic hydroxyl groups excluding tert-OH is 2. The minimum Gasteiger partial charge on any atom is -0.499 e. The quantitative estimate of drug-likeness (QED) is 0.436. The fourth-order valence-corrected chi connectivity index (χ4v) is 0.490. The zero-order valence-electron chi connectivity index (χ0n) is 6.73. The summed E-state index contributed by atoms with van der Waals surface area (Å²) >= 11 is 0. The third-order valence-corrected chi connectivity index (χ3v) is 1.07. The highest BCUT2D eigenvalue weighted by molar-refractivity contribution is 4.67. The third-order valence-electron chi connectivity index (χ3n) is 1.07. The van der Waals surface area contributed by atoms with Crippen molar-refractivity contribution in [2.75, 3.05) is 13.7 Å². The molecule has 2 N–H and O–H groups in total. The highest BCUT2D eigenvalue weighted by atomic mass is 16.6. The fourth-order valence-electron chi connectivity index (χ4n) is 0.490. The van der Waals surface area contributed by atoms with Crippen molar-refractivity contribution in [2.45, 2.75) is 19.3 Å². The van der Waals surface area contributed by atoms with Gasteiger partial charge in [0.25, 0.3) is 0 Å². The van der Waals surface area contributed by atoms with E-state index in [9.17, 15) is 0 Å². The predicted molar refractivity (Wildman–Crippen MR) is 39.8 cm³/mol. The molecular formula is C7H14O4. The van der Waals surface area contributed by atoms with Gasteiger partial charge in [-0.15, -0.1) is 0 Å². The molecule has 0 aromatic rings. The Morgan fingerprint density at radius 3 is 2.55 bits per heavy atom. The van der Waals surface area contributed by atoms with Crippen molar-refractivity contribution in [1.82, 2.24) is 0 Å². The molecule has 0 aromatic heterocycles. The molecule has 0 spiro atoms. The van der Waals surface area contributed by atoms with Gasteiger partial charge >= 0.3 is 0 Å². The first-order valence-electron chi connectivity index (χ1n) is 3.34. The number of hydrogen-bond acceptors (Lipinski definition) is 4. The molecule has 66 valence electrons. The average molecular weight is 162 g/mol. The molecule has 11 heavy (non-hydrogen) atoms. The van der Waals surface area contributed by atoms with Crippen molar-refractivity contribution in [1.29, 1.82) is 0 Å². The van der Waals surface area contributed by atoms with Crippen LogP contribution in [-0.2, 0) is 9.47 Å². The summed E-state index contributed by atoms with van der Waals surface area (Å²) < 4.78 is 9.24. The van der Waals surface area contributed by atoms with E-state index in [1.807, 2.05) is 0 Å². The molecule has 0 saturated carbocycles. The van der Waals surface area contributed by atoms with Gasteiger partial charge in [-0.1, -0.05) is 6.08 Å². The number of ether oxygens (including phenoxy) is 2. The number of hydrogen-bond donors (Lipinski definition) is 2. The van der Waals surface area contributed by atoms with Crippen molar-refractivity contribution >= 4 is 0 Å². The van der Waals surface area contributed by atoms with E-state index in [2.05, 4.69) is 4.74 Å². The molecular weight excluding hydrogens is 148 g/mol. The van der Waals surface area contributed by atoms with Gasteiger partial charge in [0.2, 0.25) is 0 Å². The van der Waals surface area contributed by atoms with Crippen LogP contribution in [0, 0.1) is 0 Å². The second-order valence-corrected chi connectivity index (χ2v) is 2.00. The number of rotatable bonds is 5. The molecule has 0 fully saturated rings. The van der Waals surface area contributed by atoms with E-state index in [-0.39, 0.29) is 6.61 Å². The molecule has 0 aliphatic heterocycles. The highest BCUT2D eigenvalue weighted by Crippen LogP contribution is 1.94. The van der Waals surface area contributed by atoms with Crippen LogP contribution in [0.3, 0.4) is 0 Å². The van der Waals surface area contributed by atoms with Crippen LogP contribution in [0.15, 0.2) is 12.3 Å². The van der Waals surface area contributed by atoms with E-state index in [4.69, 9.17) is 14.9 Å². The van der Waals surface area contributed by atoms with Crippen molar-refractivity contribution < 1.29 is 19.7 Å². The molecule has 0 rings (SSSR count). The normalized spacial score (nSPS) is 16.7. The van der Waals surface area contributed by atoms with Crippen molar-refractivity contribution in [3.8, 4) is 0 Å². The molecule has 0 amide bonds. The van der Waals surface area contributed by atoms with Gasteiger partial charge in [-0.25, -0.2) is 0 Å². The Bertz CT molecular complexity index is 113. The SMILES string of the molecule is CC=COCC(O)C(O)OC. The molecule has 2 unspecified atom stereocenters. The van der Waals surface area contributed by atoms with Crippen LogP contribution in [-0.4, -0.2) is 36.3 Å². The zero-order valence-corrected chi connectivity index (χ0v) is 6.73. The van der Waals surface area contributed by atoms with E-state index < -0.39 is 12.4 Å². The van der Waals surface area contributed by atoms with Gasteiger partial charge in [0.05, 0.1) is 6.26 Å². The first kappa shape index (κ1) is 10.4. The van der Waals surface area contributed by atoms with Crippen LogP contribution in [0.5, 0.6) is 0 Å². The number of allylic oxidation sites excluding steroid dienone is 1. The summed E-state index contributed by atoms with van der Waals surface area (Å²) in [6, 6.07) is 0. The lowest BCUT2D eigenvalue weighted by Gasteiger charge is -2.14. The van der Waals surface area contributed by atoms with Crippen LogP contribution in [0.4, 0.5) is 0 Å². The maximum absolute atomic E-state index is 9.01. The largest absolute Gasteiger partial charge is 0.499 e. The Balaban J connectivity index is 3.43. The lowest BCUT2D eigenvalue weighted by atomic mass is 10.4. The van der Waals surface area contributed by atoms with Gasteiger partial charge in [-0.2, -0.15) is 0 Å². The molecule has 0 aromatic carbocycles. The van der Waals surface area contributed by atoms with E-state index in [1.54, 1.807) is 13.0 Å². The molecule has 0 aliphatic rings. The lowest BCUT2D eigenvalue weighted by molar-refractivity contribution is -0.155. The zero-order chi connectivity index (χ0) is 8.69. The summed E-state index contributed by atoms with van der Waals surface area (Å²) in [7, 11) is 1.31. The van der Waals surface area contributed by atoms with Crippen LogP contribution in [0.25, 0.3) is 0 Å². The highest BCUT2D eigenvalue weighted by Gasteiger charge is 2.14. The monoisotopic (exact) mass is 162 g/mol. The molecule has 0 bridgehead atoms. The minimum absolute atomic E-state index is 0.0271. The van der Waals surface area contributed by atoms with Crippen molar-refractivity contribution in [3.63, 3.8) is 0 Å². The summed E-state index contributed by atoms with van der Waals surface area (Å²) in [5, 5.41) is 17.9. The lowest BCUT2D eigenvalue weighted by Crippen LogP contribution is -2.31. The Hall–Kier alpha value is -0.580. The summed E-state index contributed by atoms with van der Waals surface area (Å²) in [6.07, 6.45) is 0.939. The maximum atomic E-state index is 9.01. The number of methoxy groups -OCH3 is 1. The third kappa shape index (κ3) is 4.78. The minimum atomic E-state index is -1.18. The Morgan fingerprint density at radius 2 is 2.09 bits per heavy atom. The van der Waals surface area contributed by atoms with Gasteiger partial charge < -0.3 is 19.7 Å². The second-order valence-electron chi connectivity index (χ2n) is 2.00. The van der Waals surface area contributed by atoms with Gasteiger partial charge in [0.15, 0.2) is 6.29 Å². The number of aliphatic hydroxyl groups is 2. The summed E-state index contributed by atoms with van der Waals surface area (Å²) in [5.74, 6) is 0. The average Bonchev–Trinajstić information content (AvgIpc) is 2.03. The molecule has 4 nitrogen and oxygen atoms in total. The molecule has 0 saturated heterocycles. The van der Waals surface area contributed by atoms with Crippen molar-refractivity contribution in [2.24, 2.45) is 0 Å². The summed E-state index contributed by atoms with van der Waals surface area (Å²) in [4.78, 5) is 0. The van der Waals surface area contributed by atoms with Crippen LogP contribution < -0.4 is 0 Å². The predicted octanol–water partition coefficient (Wildman–Crippen LogP) is -0.138. The molecule has 0 aliphatic carbocycles. The topological polar surface area (TPSA) is 58.9 Å². The van der Waals surface area contributed by atoms with E-state index in [0.29, 0.717) is 0 Å². The van der Waals surface area contributed by atoms with Gasteiger partial charge in [-0.3, -0.25) is 0 Å². The van der Waals surface area contributed by atoms with E-state index >= 15 is 0 Å². The standard InChI is InChI=1S/C7H14O4/c1-3-4-11-5-6(8)7(9)10-2/h3-4,6-9H,5H2,1-2H3. The fraction of sp³-hybridized carbons (Fsp3) is 0.714. The summed E-state index contributed by atoms with van der Waals surface area (Å²) in [6.45, 7) is 1.82. The molecule has 0 radical (unpaired) electrons. The first-order valence-corrected chi connectivity index (χ1v) is 3.34. The van der Waals surface area contributed by atoms with Crippen LogP contribution in [0.1, 0.15) is 6.92 Å². The molecule has 0 heterocycles. The Kier molecular flexibility index (Phi) is 5.83. The second kappa shape index (κ2) is 6.15. The first-order chi connectivity index (χ1) is 5.22. The van der Waals surface area contributed by atoms with Gasteiger partial charge in [0.1, 0.15) is 12.7 Å². The van der Waals surface area contributed by atoms with Crippen LogP contribution in [0.2, 0.25) is 0 Å². The molecule has 2 atom stereocenters. The van der Waals surface area contributed by atoms with Gasteiger partial charge in [-0.05, 0) is 6.92 Å². The van der Waals surface area contributed by atoms with Crippen molar-refractivity contribution in [3.05, 3.63) is 12.3 Å². The maximum Gasteiger partial charge on any atom is 0.183 e.